The fourth-order valence-corrected chi connectivity index (χ4v) is 1.01. The van der Waals surface area contributed by atoms with Gasteiger partial charge in [-0.15, -0.1) is 0 Å². The van der Waals surface area contributed by atoms with Crippen molar-refractivity contribution in [1.82, 2.24) is 9.97 Å². The molecule has 0 bridgehead atoms. The summed E-state index contributed by atoms with van der Waals surface area (Å²) in [5.74, 6) is 0. The predicted octanol–water partition coefficient (Wildman–Crippen LogP) is 0.766. The quantitative estimate of drug-likeness (QED) is 0.643. The molecule has 0 saturated heterocycles. The van der Waals surface area contributed by atoms with Crippen LogP contribution in [0.1, 0.15) is 24.2 Å². The van der Waals surface area contributed by atoms with Crippen molar-refractivity contribution in [3.8, 4) is 0 Å². The second kappa shape index (κ2) is 2.01. The standard InChI is InChI=1S/C8H10N2O/c1-6-4-10-7(5-9-6)8(11)2-3-8/h4-5,11H,2-3H2,1H3. The summed E-state index contributed by atoms with van der Waals surface area (Å²) in [7, 11) is 0. The Morgan fingerprint density at radius 2 is 2.09 bits per heavy atom. The summed E-state index contributed by atoms with van der Waals surface area (Å²) in [5.41, 5.74) is 0.960. The highest BCUT2D eigenvalue weighted by Crippen LogP contribution is 2.43. The molecule has 11 heavy (non-hydrogen) atoms. The zero-order valence-electron chi connectivity index (χ0n) is 6.41. The van der Waals surface area contributed by atoms with E-state index in [0.29, 0.717) is 5.69 Å². The maximum atomic E-state index is 9.59. The van der Waals surface area contributed by atoms with Crippen molar-refractivity contribution in [1.29, 1.82) is 0 Å². The second-order valence-electron chi connectivity index (χ2n) is 3.07. The highest BCUT2D eigenvalue weighted by atomic mass is 16.3. The second-order valence-corrected chi connectivity index (χ2v) is 3.07. The Kier molecular flexibility index (Phi) is 1.23. The molecule has 1 aromatic rings. The first-order valence-electron chi connectivity index (χ1n) is 3.72. The van der Waals surface area contributed by atoms with E-state index in [1.165, 1.54) is 0 Å². The van der Waals surface area contributed by atoms with Gasteiger partial charge in [0.05, 0.1) is 17.6 Å². The van der Waals surface area contributed by atoms with Gasteiger partial charge in [-0.3, -0.25) is 9.97 Å². The number of aromatic nitrogens is 2. The lowest BCUT2D eigenvalue weighted by Crippen LogP contribution is -2.07. The highest BCUT2D eigenvalue weighted by Gasteiger charge is 2.43. The van der Waals surface area contributed by atoms with E-state index in [4.69, 9.17) is 0 Å². The third-order valence-electron chi connectivity index (χ3n) is 1.98. The molecule has 0 atom stereocenters. The van der Waals surface area contributed by atoms with Crippen LogP contribution in [0.3, 0.4) is 0 Å². The molecule has 3 nitrogen and oxygen atoms in total. The molecule has 1 aliphatic carbocycles. The van der Waals surface area contributed by atoms with E-state index in [1.807, 2.05) is 6.92 Å². The van der Waals surface area contributed by atoms with Gasteiger partial charge in [0.2, 0.25) is 0 Å². The van der Waals surface area contributed by atoms with Crippen molar-refractivity contribution in [2.24, 2.45) is 0 Å². The van der Waals surface area contributed by atoms with Crippen LogP contribution in [0.15, 0.2) is 12.4 Å². The summed E-state index contributed by atoms with van der Waals surface area (Å²) in [6.07, 6.45) is 4.99. The molecular weight excluding hydrogens is 140 g/mol. The van der Waals surface area contributed by atoms with Gasteiger partial charge in [-0.05, 0) is 19.8 Å². The molecule has 1 N–H and O–H groups in total. The van der Waals surface area contributed by atoms with E-state index in [0.717, 1.165) is 18.5 Å². The summed E-state index contributed by atoms with van der Waals surface area (Å²) in [4.78, 5) is 8.16. The zero-order valence-corrected chi connectivity index (χ0v) is 6.41. The average molecular weight is 150 g/mol. The Bertz CT molecular complexity index is 264. The number of aryl methyl sites for hydroxylation is 1. The molecule has 0 aromatic carbocycles. The van der Waals surface area contributed by atoms with Gasteiger partial charge in [0.1, 0.15) is 5.60 Å². The molecule has 1 heterocycles. The molecule has 0 aliphatic heterocycles. The van der Waals surface area contributed by atoms with Gasteiger partial charge in [0, 0.05) is 6.20 Å². The molecule has 1 saturated carbocycles. The van der Waals surface area contributed by atoms with Crippen LogP contribution < -0.4 is 0 Å². The first-order chi connectivity index (χ1) is 5.21. The van der Waals surface area contributed by atoms with Crippen molar-refractivity contribution >= 4 is 0 Å². The van der Waals surface area contributed by atoms with Gasteiger partial charge in [0.25, 0.3) is 0 Å². The number of aliphatic hydroxyl groups is 1. The molecule has 1 aliphatic rings. The van der Waals surface area contributed by atoms with Crippen LogP contribution in [0.4, 0.5) is 0 Å². The van der Waals surface area contributed by atoms with Crippen LogP contribution in [0.25, 0.3) is 0 Å². The van der Waals surface area contributed by atoms with Crippen LogP contribution in [-0.2, 0) is 5.60 Å². The van der Waals surface area contributed by atoms with E-state index in [9.17, 15) is 5.11 Å². The van der Waals surface area contributed by atoms with Gasteiger partial charge in [-0.2, -0.15) is 0 Å². The summed E-state index contributed by atoms with van der Waals surface area (Å²) < 4.78 is 0. The molecule has 1 aromatic heterocycles. The molecular formula is C8H10N2O. The Morgan fingerprint density at radius 3 is 2.55 bits per heavy atom. The van der Waals surface area contributed by atoms with E-state index in [1.54, 1.807) is 12.4 Å². The number of rotatable bonds is 1. The fourth-order valence-electron chi connectivity index (χ4n) is 1.01. The average Bonchev–Trinajstić information content (AvgIpc) is 2.70. The van der Waals surface area contributed by atoms with Crippen molar-refractivity contribution in [2.75, 3.05) is 0 Å². The van der Waals surface area contributed by atoms with Gasteiger partial charge >= 0.3 is 0 Å². The molecule has 3 heteroatoms. The molecule has 1 fully saturated rings. The SMILES string of the molecule is Cc1cnc(C2(O)CC2)cn1. The highest BCUT2D eigenvalue weighted by molar-refractivity contribution is 5.16. The first-order valence-corrected chi connectivity index (χ1v) is 3.72. The summed E-state index contributed by atoms with van der Waals surface area (Å²) in [6.45, 7) is 1.88. The van der Waals surface area contributed by atoms with Crippen LogP contribution in [0, 0.1) is 6.92 Å². The van der Waals surface area contributed by atoms with Gasteiger partial charge in [-0.1, -0.05) is 0 Å². The number of hydrogen-bond acceptors (Lipinski definition) is 3. The minimum absolute atomic E-state index is 0.638. The Morgan fingerprint density at radius 1 is 1.36 bits per heavy atom. The van der Waals surface area contributed by atoms with Crippen molar-refractivity contribution < 1.29 is 5.11 Å². The van der Waals surface area contributed by atoms with E-state index in [-0.39, 0.29) is 0 Å². The summed E-state index contributed by atoms with van der Waals surface area (Å²) in [6, 6.07) is 0. The first kappa shape index (κ1) is 6.73. The molecule has 0 spiro atoms. The van der Waals surface area contributed by atoms with Gasteiger partial charge in [-0.25, -0.2) is 0 Å². The third kappa shape index (κ3) is 1.12. The number of hydrogen-bond donors (Lipinski definition) is 1. The molecule has 0 amide bonds. The minimum atomic E-state index is -0.638. The minimum Gasteiger partial charge on any atom is -0.383 e. The maximum absolute atomic E-state index is 9.59. The fraction of sp³-hybridized carbons (Fsp3) is 0.500. The predicted molar refractivity (Wildman–Crippen MR) is 39.9 cm³/mol. The smallest absolute Gasteiger partial charge is 0.108 e. The summed E-state index contributed by atoms with van der Waals surface area (Å²) >= 11 is 0. The molecule has 58 valence electrons. The van der Waals surface area contributed by atoms with E-state index >= 15 is 0 Å². The Hall–Kier alpha value is -0.960. The van der Waals surface area contributed by atoms with E-state index in [2.05, 4.69) is 9.97 Å². The monoisotopic (exact) mass is 150 g/mol. The van der Waals surface area contributed by atoms with Crippen LogP contribution in [0.2, 0.25) is 0 Å². The topological polar surface area (TPSA) is 46.0 Å². The normalized spacial score (nSPS) is 19.8. The lowest BCUT2D eigenvalue weighted by molar-refractivity contribution is 0.146. The lowest BCUT2D eigenvalue weighted by atomic mass is 10.2. The van der Waals surface area contributed by atoms with Gasteiger partial charge < -0.3 is 5.11 Å². The van der Waals surface area contributed by atoms with Crippen molar-refractivity contribution in [3.05, 3.63) is 23.8 Å². The largest absolute Gasteiger partial charge is 0.383 e. The van der Waals surface area contributed by atoms with Crippen molar-refractivity contribution in [2.45, 2.75) is 25.4 Å². The molecule has 0 unspecified atom stereocenters. The molecule has 0 radical (unpaired) electrons. The van der Waals surface area contributed by atoms with Crippen LogP contribution in [0.5, 0.6) is 0 Å². The van der Waals surface area contributed by atoms with Crippen molar-refractivity contribution in [3.63, 3.8) is 0 Å². The van der Waals surface area contributed by atoms with Gasteiger partial charge in [0.15, 0.2) is 0 Å². The Balaban J connectivity index is 2.33. The van der Waals surface area contributed by atoms with Crippen LogP contribution in [-0.4, -0.2) is 15.1 Å². The third-order valence-corrected chi connectivity index (χ3v) is 1.98. The summed E-state index contributed by atoms with van der Waals surface area (Å²) in [5, 5.41) is 9.59. The van der Waals surface area contributed by atoms with E-state index < -0.39 is 5.60 Å². The number of nitrogens with zero attached hydrogens (tertiary/aromatic N) is 2. The zero-order chi connectivity index (χ0) is 7.90. The van der Waals surface area contributed by atoms with Crippen LogP contribution >= 0.6 is 0 Å². The molecule has 2 rings (SSSR count). The maximum Gasteiger partial charge on any atom is 0.108 e. The Labute approximate surface area is 65.1 Å². The lowest BCUT2D eigenvalue weighted by Gasteiger charge is -2.04.